The van der Waals surface area contributed by atoms with Crippen LogP contribution in [0.4, 0.5) is 5.69 Å². The summed E-state index contributed by atoms with van der Waals surface area (Å²) in [7, 11) is 0. The van der Waals surface area contributed by atoms with E-state index in [2.05, 4.69) is 27.6 Å². The SMILES string of the molecule is O=C(N/N=C\c1ccc(N2CCOCC2)cc1)c1cc2c(s1)CCCCC2. The van der Waals surface area contributed by atoms with Gasteiger partial charge in [0.05, 0.1) is 24.3 Å². The Morgan fingerprint density at radius 3 is 2.70 bits per heavy atom. The minimum absolute atomic E-state index is 0.116. The van der Waals surface area contributed by atoms with Crippen molar-refractivity contribution < 1.29 is 9.53 Å². The molecule has 1 aromatic carbocycles. The number of anilines is 1. The van der Waals surface area contributed by atoms with Crippen molar-refractivity contribution >= 4 is 29.1 Å². The highest BCUT2D eigenvalue weighted by molar-refractivity contribution is 7.14. The molecule has 1 amide bonds. The van der Waals surface area contributed by atoms with Crippen LogP contribution < -0.4 is 10.3 Å². The van der Waals surface area contributed by atoms with E-state index in [4.69, 9.17) is 4.74 Å². The van der Waals surface area contributed by atoms with Crippen LogP contribution in [-0.4, -0.2) is 38.4 Å². The highest BCUT2D eigenvalue weighted by atomic mass is 32.1. The van der Waals surface area contributed by atoms with Gasteiger partial charge in [0, 0.05) is 23.7 Å². The van der Waals surface area contributed by atoms with Gasteiger partial charge in [0.25, 0.3) is 5.91 Å². The summed E-state index contributed by atoms with van der Waals surface area (Å²) in [5.41, 5.74) is 6.18. The molecule has 1 N–H and O–H groups in total. The molecule has 142 valence electrons. The molecule has 0 spiro atoms. The molecule has 6 heteroatoms. The Kier molecular flexibility index (Phi) is 5.84. The predicted molar refractivity (Wildman–Crippen MR) is 110 cm³/mol. The minimum Gasteiger partial charge on any atom is -0.378 e. The molecule has 2 aromatic rings. The van der Waals surface area contributed by atoms with Crippen LogP contribution in [0.15, 0.2) is 35.4 Å². The van der Waals surface area contributed by atoms with Crippen LogP contribution in [-0.2, 0) is 17.6 Å². The van der Waals surface area contributed by atoms with Gasteiger partial charge in [-0.1, -0.05) is 18.6 Å². The molecule has 2 aliphatic rings. The van der Waals surface area contributed by atoms with Gasteiger partial charge in [-0.3, -0.25) is 4.79 Å². The lowest BCUT2D eigenvalue weighted by Gasteiger charge is -2.28. The first-order chi connectivity index (χ1) is 13.3. The average Bonchev–Trinajstić information content (AvgIpc) is 3.00. The number of nitrogens with zero attached hydrogens (tertiary/aromatic N) is 2. The Balaban J connectivity index is 1.34. The number of nitrogens with one attached hydrogen (secondary N) is 1. The zero-order chi connectivity index (χ0) is 18.5. The van der Waals surface area contributed by atoms with Crippen LogP contribution in [0.25, 0.3) is 0 Å². The molecule has 1 saturated heterocycles. The first kappa shape index (κ1) is 18.2. The van der Waals surface area contributed by atoms with Gasteiger partial charge >= 0.3 is 0 Å². The van der Waals surface area contributed by atoms with Gasteiger partial charge in [-0.25, -0.2) is 5.43 Å². The third-order valence-electron chi connectivity index (χ3n) is 5.12. The van der Waals surface area contributed by atoms with Crippen LogP contribution in [0.1, 0.15) is 44.9 Å². The number of carbonyl (C=O) groups is 1. The standard InChI is InChI=1S/C21H25N3O2S/c25-21(20-14-17-4-2-1-3-5-19(17)27-20)23-22-15-16-6-8-18(9-7-16)24-10-12-26-13-11-24/h6-9,14-15H,1-5,10-13H2,(H,23,25)/b22-15-. The maximum absolute atomic E-state index is 12.4. The van der Waals surface area contributed by atoms with E-state index in [0.29, 0.717) is 0 Å². The Hall–Kier alpha value is -2.18. The Labute approximate surface area is 164 Å². The maximum atomic E-state index is 12.4. The van der Waals surface area contributed by atoms with Crippen molar-refractivity contribution in [1.29, 1.82) is 0 Å². The number of fused-ring (bicyclic) bond motifs is 1. The third-order valence-corrected chi connectivity index (χ3v) is 6.36. The zero-order valence-corrected chi connectivity index (χ0v) is 16.3. The second-order valence-electron chi connectivity index (χ2n) is 7.01. The molecule has 1 aromatic heterocycles. The molecule has 0 atom stereocenters. The van der Waals surface area contributed by atoms with Crippen LogP contribution >= 0.6 is 11.3 Å². The number of rotatable bonds is 4. The van der Waals surface area contributed by atoms with E-state index in [1.54, 1.807) is 17.6 Å². The summed E-state index contributed by atoms with van der Waals surface area (Å²) >= 11 is 1.62. The molecule has 27 heavy (non-hydrogen) atoms. The monoisotopic (exact) mass is 383 g/mol. The summed E-state index contributed by atoms with van der Waals surface area (Å²) in [6.45, 7) is 3.41. The largest absolute Gasteiger partial charge is 0.378 e. The summed E-state index contributed by atoms with van der Waals surface area (Å²) in [4.78, 5) is 16.8. The summed E-state index contributed by atoms with van der Waals surface area (Å²) < 4.78 is 5.39. The van der Waals surface area contributed by atoms with Gasteiger partial charge in [-0.15, -0.1) is 11.3 Å². The topological polar surface area (TPSA) is 53.9 Å². The lowest BCUT2D eigenvalue weighted by molar-refractivity contribution is 0.0959. The number of hydrogen-bond donors (Lipinski definition) is 1. The van der Waals surface area contributed by atoms with Gasteiger partial charge in [0.2, 0.25) is 0 Å². The lowest BCUT2D eigenvalue weighted by Crippen LogP contribution is -2.36. The molecule has 1 aliphatic carbocycles. The summed E-state index contributed by atoms with van der Waals surface area (Å²) in [6.07, 6.45) is 7.64. The molecule has 2 heterocycles. The van der Waals surface area contributed by atoms with Crippen LogP contribution in [0.5, 0.6) is 0 Å². The Morgan fingerprint density at radius 2 is 1.89 bits per heavy atom. The van der Waals surface area contributed by atoms with E-state index in [9.17, 15) is 4.79 Å². The molecule has 1 fully saturated rings. The highest BCUT2D eigenvalue weighted by Gasteiger charge is 2.16. The molecule has 4 rings (SSSR count). The predicted octanol–water partition coefficient (Wildman–Crippen LogP) is 3.62. The fraction of sp³-hybridized carbons (Fsp3) is 0.429. The molecule has 5 nitrogen and oxygen atoms in total. The van der Waals surface area contributed by atoms with Gasteiger partial charge in [0.1, 0.15) is 0 Å². The van der Waals surface area contributed by atoms with E-state index >= 15 is 0 Å². The smallest absolute Gasteiger partial charge is 0.281 e. The summed E-state index contributed by atoms with van der Waals surface area (Å²) in [6, 6.07) is 10.3. The number of amides is 1. The van der Waals surface area contributed by atoms with Gasteiger partial charge in [-0.05, 0) is 55.0 Å². The minimum atomic E-state index is -0.116. The van der Waals surface area contributed by atoms with Gasteiger partial charge in [0.15, 0.2) is 0 Å². The number of morpholine rings is 1. The highest BCUT2D eigenvalue weighted by Crippen LogP contribution is 2.28. The van der Waals surface area contributed by atoms with Gasteiger partial charge < -0.3 is 9.64 Å². The van der Waals surface area contributed by atoms with Gasteiger partial charge in [-0.2, -0.15) is 5.10 Å². The van der Waals surface area contributed by atoms with E-state index in [-0.39, 0.29) is 5.91 Å². The second kappa shape index (κ2) is 8.67. The number of benzene rings is 1. The molecule has 0 saturated carbocycles. The van der Waals surface area contributed by atoms with Crippen molar-refractivity contribution in [2.45, 2.75) is 32.1 Å². The maximum Gasteiger partial charge on any atom is 0.281 e. The van der Waals surface area contributed by atoms with Crippen LogP contribution in [0, 0.1) is 0 Å². The average molecular weight is 384 g/mol. The Morgan fingerprint density at radius 1 is 1.11 bits per heavy atom. The normalized spacial score (nSPS) is 17.6. The van der Waals surface area contributed by atoms with E-state index in [1.165, 1.54) is 35.4 Å². The number of ether oxygens (including phenoxy) is 1. The first-order valence-corrected chi connectivity index (χ1v) is 10.5. The van der Waals surface area contributed by atoms with E-state index < -0.39 is 0 Å². The fourth-order valence-corrected chi connectivity index (χ4v) is 4.74. The van der Waals surface area contributed by atoms with Crippen molar-refractivity contribution in [2.75, 3.05) is 31.2 Å². The van der Waals surface area contributed by atoms with E-state index in [0.717, 1.165) is 49.6 Å². The van der Waals surface area contributed by atoms with Crippen molar-refractivity contribution in [3.8, 4) is 0 Å². The fourth-order valence-electron chi connectivity index (χ4n) is 3.59. The number of aryl methyl sites for hydroxylation is 2. The number of carbonyl (C=O) groups excluding carboxylic acids is 1. The van der Waals surface area contributed by atoms with Crippen LogP contribution in [0.3, 0.4) is 0 Å². The number of hydrogen-bond acceptors (Lipinski definition) is 5. The first-order valence-electron chi connectivity index (χ1n) is 9.67. The third kappa shape index (κ3) is 4.57. The van der Waals surface area contributed by atoms with Crippen molar-refractivity contribution in [3.63, 3.8) is 0 Å². The number of thiophene rings is 1. The molecular weight excluding hydrogens is 358 g/mol. The molecule has 0 radical (unpaired) electrons. The van der Waals surface area contributed by atoms with Crippen molar-refractivity contribution in [3.05, 3.63) is 51.2 Å². The number of hydrazone groups is 1. The second-order valence-corrected chi connectivity index (χ2v) is 8.15. The lowest BCUT2D eigenvalue weighted by atomic mass is 10.1. The summed E-state index contributed by atoms with van der Waals surface area (Å²) in [5, 5.41) is 4.13. The zero-order valence-electron chi connectivity index (χ0n) is 15.4. The summed E-state index contributed by atoms with van der Waals surface area (Å²) in [5.74, 6) is -0.116. The molecule has 0 unspecified atom stereocenters. The quantitative estimate of drug-likeness (QED) is 0.498. The van der Waals surface area contributed by atoms with E-state index in [1.807, 2.05) is 18.2 Å². The van der Waals surface area contributed by atoms with Crippen molar-refractivity contribution in [2.24, 2.45) is 5.10 Å². The van der Waals surface area contributed by atoms with Crippen LogP contribution in [0.2, 0.25) is 0 Å². The van der Waals surface area contributed by atoms with Crippen molar-refractivity contribution in [1.82, 2.24) is 5.43 Å². The molecule has 0 bridgehead atoms. The Bertz CT molecular complexity index is 784. The molecular formula is C21H25N3O2S. The molecule has 1 aliphatic heterocycles.